The summed E-state index contributed by atoms with van der Waals surface area (Å²) in [5, 5.41) is 13.9. The van der Waals surface area contributed by atoms with E-state index in [1.807, 2.05) is 36.4 Å². The summed E-state index contributed by atoms with van der Waals surface area (Å²) in [4.78, 5) is 13.6. The quantitative estimate of drug-likeness (QED) is 0.801. The molecule has 3 aromatic rings. The van der Waals surface area contributed by atoms with Gasteiger partial charge in [0.2, 0.25) is 5.91 Å². The van der Waals surface area contributed by atoms with Gasteiger partial charge in [0.05, 0.1) is 10.9 Å². The molecule has 2 heterocycles. The summed E-state index contributed by atoms with van der Waals surface area (Å²) in [5.41, 5.74) is 2.85. The maximum Gasteiger partial charge on any atom is 0.238 e. The second-order valence-electron chi connectivity index (χ2n) is 5.21. The molecule has 0 unspecified atom stereocenters. The Labute approximate surface area is 136 Å². The number of fused-ring (bicyclic) bond motifs is 1. The number of benzene rings is 2. The zero-order valence-electron chi connectivity index (χ0n) is 12.1. The number of hydrogen-bond acceptors (Lipinski definition) is 5. The minimum atomic E-state index is -0.0772. The number of amides is 1. The number of anilines is 1. The number of carbonyl (C=O) groups excluding carboxylic acids is 1. The van der Waals surface area contributed by atoms with Crippen molar-refractivity contribution in [3.63, 3.8) is 0 Å². The average Bonchev–Trinajstić information content (AvgIpc) is 3.25. The fourth-order valence-electron chi connectivity index (χ4n) is 2.53. The maximum absolute atomic E-state index is 12.4. The smallest absolute Gasteiger partial charge is 0.238 e. The van der Waals surface area contributed by atoms with Crippen molar-refractivity contribution in [3.8, 4) is 5.69 Å². The van der Waals surface area contributed by atoms with Crippen molar-refractivity contribution in [1.29, 1.82) is 0 Å². The minimum absolute atomic E-state index is 0.0290. The standard InChI is InChI=1S/C16H13N5OS/c22-16(15-9-11-3-1-2-4-14(11)23-15)18-12-5-7-13(8-6-12)21-10-17-19-20-21/h1-8,10,15H,9H2,(H,18,22)/t15-/m0/s1. The molecule has 0 aliphatic carbocycles. The van der Waals surface area contributed by atoms with Gasteiger partial charge in [-0.05, 0) is 52.7 Å². The van der Waals surface area contributed by atoms with Crippen molar-refractivity contribution in [2.75, 3.05) is 5.32 Å². The van der Waals surface area contributed by atoms with Crippen LogP contribution in [0.25, 0.3) is 5.69 Å². The van der Waals surface area contributed by atoms with E-state index in [1.54, 1.807) is 16.4 Å². The zero-order valence-corrected chi connectivity index (χ0v) is 12.9. The third-order valence-electron chi connectivity index (χ3n) is 3.69. The van der Waals surface area contributed by atoms with Crippen LogP contribution < -0.4 is 5.32 Å². The van der Waals surface area contributed by atoms with Crippen molar-refractivity contribution in [1.82, 2.24) is 20.2 Å². The number of hydrogen-bond donors (Lipinski definition) is 1. The normalized spacial score (nSPS) is 16.1. The highest BCUT2D eigenvalue weighted by Gasteiger charge is 2.27. The Morgan fingerprint density at radius 3 is 2.74 bits per heavy atom. The SMILES string of the molecule is O=C(Nc1ccc(-n2cnnn2)cc1)[C@@H]1Cc2ccccc2S1. The van der Waals surface area contributed by atoms with Gasteiger partial charge in [0.1, 0.15) is 6.33 Å². The van der Waals surface area contributed by atoms with Crippen LogP contribution in [0.2, 0.25) is 0 Å². The average molecular weight is 323 g/mol. The van der Waals surface area contributed by atoms with Crippen LogP contribution >= 0.6 is 11.8 Å². The highest BCUT2D eigenvalue weighted by molar-refractivity contribution is 8.01. The molecule has 4 rings (SSSR count). The lowest BCUT2D eigenvalue weighted by Crippen LogP contribution is -2.24. The fraction of sp³-hybridized carbons (Fsp3) is 0.125. The van der Waals surface area contributed by atoms with Gasteiger partial charge in [-0.3, -0.25) is 4.79 Å². The van der Waals surface area contributed by atoms with Crippen LogP contribution in [0.3, 0.4) is 0 Å². The third-order valence-corrected chi connectivity index (χ3v) is 5.01. The fourth-order valence-corrected chi connectivity index (χ4v) is 3.72. The van der Waals surface area contributed by atoms with E-state index in [0.717, 1.165) is 17.8 Å². The van der Waals surface area contributed by atoms with Crippen LogP contribution in [0.15, 0.2) is 59.8 Å². The molecule has 1 amide bonds. The van der Waals surface area contributed by atoms with Crippen molar-refractivity contribution in [2.24, 2.45) is 0 Å². The Hall–Kier alpha value is -2.67. The first kappa shape index (κ1) is 14.0. The molecule has 0 saturated heterocycles. The molecule has 1 N–H and O–H groups in total. The van der Waals surface area contributed by atoms with Gasteiger partial charge in [-0.2, -0.15) is 0 Å². The number of thioether (sulfide) groups is 1. The molecule has 1 atom stereocenters. The predicted octanol–water partition coefficient (Wildman–Crippen LogP) is 2.32. The maximum atomic E-state index is 12.4. The summed E-state index contributed by atoms with van der Waals surface area (Å²) in [7, 11) is 0. The summed E-state index contributed by atoms with van der Waals surface area (Å²) in [6, 6.07) is 15.6. The number of nitrogens with zero attached hydrogens (tertiary/aromatic N) is 4. The van der Waals surface area contributed by atoms with Gasteiger partial charge >= 0.3 is 0 Å². The van der Waals surface area contributed by atoms with Crippen molar-refractivity contribution in [2.45, 2.75) is 16.6 Å². The van der Waals surface area contributed by atoms with E-state index in [-0.39, 0.29) is 11.2 Å². The predicted molar refractivity (Wildman–Crippen MR) is 87.6 cm³/mol. The van der Waals surface area contributed by atoms with Gasteiger partial charge in [-0.1, -0.05) is 18.2 Å². The lowest BCUT2D eigenvalue weighted by Gasteiger charge is -2.10. The molecule has 6 nitrogen and oxygen atoms in total. The van der Waals surface area contributed by atoms with E-state index < -0.39 is 0 Å². The molecule has 23 heavy (non-hydrogen) atoms. The second kappa shape index (κ2) is 5.85. The van der Waals surface area contributed by atoms with Gasteiger partial charge < -0.3 is 5.32 Å². The van der Waals surface area contributed by atoms with Crippen molar-refractivity contribution < 1.29 is 4.79 Å². The molecule has 1 aliphatic heterocycles. The topological polar surface area (TPSA) is 72.7 Å². The lowest BCUT2D eigenvalue weighted by atomic mass is 10.1. The molecule has 0 saturated carbocycles. The number of rotatable bonds is 3. The molecule has 1 aliphatic rings. The summed E-state index contributed by atoms with van der Waals surface area (Å²) >= 11 is 1.62. The molecular weight excluding hydrogens is 310 g/mol. The Kier molecular flexibility index (Phi) is 3.55. The van der Waals surface area contributed by atoms with Gasteiger partial charge in [0.15, 0.2) is 0 Å². The van der Waals surface area contributed by atoms with Crippen molar-refractivity contribution in [3.05, 3.63) is 60.4 Å². The first-order valence-corrected chi connectivity index (χ1v) is 8.06. The summed E-state index contributed by atoms with van der Waals surface area (Å²) in [5.74, 6) is 0.0290. The Balaban J connectivity index is 1.44. The van der Waals surface area contributed by atoms with Gasteiger partial charge in [-0.25, -0.2) is 4.68 Å². The highest BCUT2D eigenvalue weighted by Crippen LogP contribution is 2.37. The third kappa shape index (κ3) is 2.83. The summed E-state index contributed by atoms with van der Waals surface area (Å²) in [6.07, 6.45) is 2.30. The molecule has 7 heteroatoms. The first-order chi connectivity index (χ1) is 11.3. The molecule has 0 spiro atoms. The molecule has 1 aromatic heterocycles. The molecular formula is C16H13N5OS. The van der Waals surface area contributed by atoms with Crippen LogP contribution in [0, 0.1) is 0 Å². The zero-order chi connectivity index (χ0) is 15.6. The minimum Gasteiger partial charge on any atom is -0.325 e. The van der Waals surface area contributed by atoms with Gasteiger partial charge in [0, 0.05) is 10.6 Å². The summed E-state index contributed by atoms with van der Waals surface area (Å²) in [6.45, 7) is 0. The number of nitrogens with one attached hydrogen (secondary N) is 1. The molecule has 2 aromatic carbocycles. The molecule has 0 bridgehead atoms. The number of aromatic nitrogens is 4. The van der Waals surface area contributed by atoms with E-state index in [1.165, 1.54) is 16.8 Å². The monoisotopic (exact) mass is 323 g/mol. The van der Waals surface area contributed by atoms with Crippen LogP contribution in [0.1, 0.15) is 5.56 Å². The van der Waals surface area contributed by atoms with E-state index in [9.17, 15) is 4.79 Å². The van der Waals surface area contributed by atoms with Gasteiger partial charge in [-0.15, -0.1) is 16.9 Å². The van der Waals surface area contributed by atoms with Gasteiger partial charge in [0.25, 0.3) is 0 Å². The highest BCUT2D eigenvalue weighted by atomic mass is 32.2. The van der Waals surface area contributed by atoms with Crippen LogP contribution in [0.4, 0.5) is 5.69 Å². The second-order valence-corrected chi connectivity index (χ2v) is 6.45. The summed E-state index contributed by atoms with van der Waals surface area (Å²) < 4.78 is 1.56. The molecule has 0 fully saturated rings. The number of tetrazole rings is 1. The first-order valence-electron chi connectivity index (χ1n) is 7.18. The molecule has 114 valence electrons. The van der Waals surface area contributed by atoms with E-state index in [2.05, 4.69) is 33.0 Å². The Morgan fingerprint density at radius 2 is 2.00 bits per heavy atom. The van der Waals surface area contributed by atoms with E-state index >= 15 is 0 Å². The number of carbonyl (C=O) groups is 1. The van der Waals surface area contributed by atoms with Crippen LogP contribution in [0.5, 0.6) is 0 Å². The largest absolute Gasteiger partial charge is 0.325 e. The van der Waals surface area contributed by atoms with E-state index in [4.69, 9.17) is 0 Å². The molecule has 0 radical (unpaired) electrons. The Morgan fingerprint density at radius 1 is 1.17 bits per heavy atom. The lowest BCUT2D eigenvalue weighted by molar-refractivity contribution is -0.115. The van der Waals surface area contributed by atoms with Crippen LogP contribution in [-0.4, -0.2) is 31.4 Å². The Bertz CT molecular complexity index is 807. The van der Waals surface area contributed by atoms with Crippen LogP contribution in [-0.2, 0) is 11.2 Å². The van der Waals surface area contributed by atoms with Crippen molar-refractivity contribution >= 4 is 23.4 Å². The van der Waals surface area contributed by atoms with E-state index in [0.29, 0.717) is 0 Å².